The van der Waals surface area contributed by atoms with Crippen molar-refractivity contribution < 1.29 is 53.2 Å². The van der Waals surface area contributed by atoms with Gasteiger partial charge in [-0.2, -0.15) is 5.06 Å². The fourth-order valence-electron chi connectivity index (χ4n) is 10.6. The molecule has 67 heavy (non-hydrogen) atoms. The second-order valence-electron chi connectivity index (χ2n) is 19.5. The number of carbonyl (C=O) groups excluding carboxylic acids is 4. The van der Waals surface area contributed by atoms with Crippen molar-refractivity contribution in [2.45, 2.75) is 126 Å². The van der Waals surface area contributed by atoms with Crippen molar-refractivity contribution in [1.82, 2.24) is 15.3 Å². The van der Waals surface area contributed by atoms with Crippen LogP contribution in [0.4, 0.5) is 0 Å². The number of hydroxylamine groups is 2. The average Bonchev–Trinajstić information content (AvgIpc) is 3.98. The van der Waals surface area contributed by atoms with Crippen LogP contribution < -0.4 is 5.32 Å². The molecule has 5 aliphatic rings. The Balaban J connectivity index is 1.03. The highest BCUT2D eigenvalue weighted by Crippen LogP contribution is 2.59. The molecule has 4 aromatic carbocycles. The quantitative estimate of drug-likeness (QED) is 0.130. The van der Waals surface area contributed by atoms with E-state index in [9.17, 15) is 24.6 Å². The largest absolute Gasteiger partial charge is 0.508 e. The number of benzene rings is 4. The molecule has 1 saturated carbocycles. The summed E-state index contributed by atoms with van der Waals surface area (Å²) in [5.41, 5.74) is 3.18. The SMILES string of the molecule is CN(C(=O)C12CC3OC(=O)C1N(Cc1cccc(C=CCc4ccccc4O)c1)OC2C1OC2(Cc4ccccc4C2)OC31)C(Cc1ccccc1)C(=O)NC(CO)CCC(=O)OC(C)(C)C. The van der Waals surface area contributed by atoms with Gasteiger partial charge in [-0.25, -0.2) is 0 Å². The molecule has 352 valence electrons. The molecule has 14 nitrogen and oxygen atoms in total. The normalized spacial score (nSPS) is 25.6. The first-order valence-corrected chi connectivity index (χ1v) is 23.2. The van der Waals surface area contributed by atoms with Gasteiger partial charge in [0.15, 0.2) is 11.8 Å². The van der Waals surface area contributed by atoms with Gasteiger partial charge in [0, 0.05) is 39.2 Å². The molecule has 8 atom stereocenters. The Morgan fingerprint density at radius 3 is 2.33 bits per heavy atom. The van der Waals surface area contributed by atoms with E-state index in [4.69, 9.17) is 23.8 Å². The van der Waals surface area contributed by atoms with Crippen LogP contribution in [-0.2, 0) is 75.2 Å². The number of esters is 2. The molecule has 14 heteroatoms. The maximum absolute atomic E-state index is 15.9. The van der Waals surface area contributed by atoms with Crippen LogP contribution in [0.3, 0.4) is 0 Å². The summed E-state index contributed by atoms with van der Waals surface area (Å²) in [6.07, 6.45) is 2.24. The zero-order valence-electron chi connectivity index (χ0n) is 38.3. The summed E-state index contributed by atoms with van der Waals surface area (Å²) in [6, 6.07) is 29.2. The van der Waals surface area contributed by atoms with E-state index in [1.165, 1.54) is 4.90 Å². The molecule has 1 spiro atoms. The highest BCUT2D eigenvalue weighted by atomic mass is 16.8. The van der Waals surface area contributed by atoms with Gasteiger partial charge >= 0.3 is 11.9 Å². The molecule has 2 bridgehead atoms. The van der Waals surface area contributed by atoms with Crippen molar-refractivity contribution >= 4 is 29.8 Å². The van der Waals surface area contributed by atoms with E-state index < -0.39 is 89.7 Å². The second-order valence-corrected chi connectivity index (χ2v) is 19.5. The second kappa shape index (κ2) is 18.6. The number of phenolic OH excluding ortho intramolecular Hbond substituents is 1. The third-order valence-corrected chi connectivity index (χ3v) is 13.7. The van der Waals surface area contributed by atoms with Gasteiger partial charge in [0.1, 0.15) is 47.2 Å². The van der Waals surface area contributed by atoms with Crippen LogP contribution in [0.1, 0.15) is 73.4 Å². The minimum absolute atomic E-state index is 0.0430. The Hall–Kier alpha value is -5.90. The minimum Gasteiger partial charge on any atom is -0.508 e. The lowest BCUT2D eigenvalue weighted by Crippen LogP contribution is -2.70. The van der Waals surface area contributed by atoms with E-state index in [1.54, 1.807) is 45.0 Å². The average molecular weight is 914 g/mol. The molecule has 0 radical (unpaired) electrons. The Bertz CT molecular complexity index is 2500. The summed E-state index contributed by atoms with van der Waals surface area (Å²) >= 11 is 0. The van der Waals surface area contributed by atoms with E-state index in [0.717, 1.165) is 33.4 Å². The minimum atomic E-state index is -1.58. The molecule has 4 aromatic rings. The van der Waals surface area contributed by atoms with Gasteiger partial charge in [0.05, 0.1) is 19.2 Å². The predicted molar refractivity (Wildman–Crippen MR) is 246 cm³/mol. The van der Waals surface area contributed by atoms with E-state index in [1.807, 2.05) is 103 Å². The Morgan fingerprint density at radius 2 is 1.61 bits per heavy atom. The molecule has 3 aliphatic heterocycles. The summed E-state index contributed by atoms with van der Waals surface area (Å²) in [6.45, 7) is 4.96. The zero-order chi connectivity index (χ0) is 47.1. The smallest absolute Gasteiger partial charge is 0.327 e. The molecule has 2 amide bonds. The van der Waals surface area contributed by atoms with Crippen molar-refractivity contribution in [3.63, 3.8) is 0 Å². The number of rotatable bonds is 15. The lowest BCUT2D eigenvalue weighted by molar-refractivity contribution is -0.218. The van der Waals surface area contributed by atoms with Gasteiger partial charge in [-0.1, -0.05) is 109 Å². The van der Waals surface area contributed by atoms with Crippen LogP contribution in [0, 0.1) is 5.41 Å². The number of phenols is 1. The van der Waals surface area contributed by atoms with Gasteiger partial charge in [-0.15, -0.1) is 0 Å². The topological polar surface area (TPSA) is 173 Å². The Labute approximate surface area is 390 Å². The van der Waals surface area contributed by atoms with E-state index in [2.05, 4.69) is 5.32 Å². The lowest BCUT2D eigenvalue weighted by Gasteiger charge is -2.50. The number of hydrogen-bond acceptors (Lipinski definition) is 12. The third kappa shape index (κ3) is 9.38. The number of nitrogens with one attached hydrogen (secondary N) is 1. The Morgan fingerprint density at radius 1 is 0.925 bits per heavy atom. The van der Waals surface area contributed by atoms with Gasteiger partial charge in [-0.05, 0) is 73.1 Å². The van der Waals surface area contributed by atoms with Crippen LogP contribution in [0.15, 0.2) is 109 Å². The molecular weight excluding hydrogens is 855 g/mol. The number of allylic oxidation sites excluding steroid dienone is 1. The number of likely N-dealkylation sites (N-methyl/N-ethyl adjacent to an activating group) is 1. The first-order chi connectivity index (χ1) is 32.1. The van der Waals surface area contributed by atoms with Crippen LogP contribution >= 0.6 is 0 Å². The van der Waals surface area contributed by atoms with Gasteiger partial charge < -0.3 is 39.4 Å². The van der Waals surface area contributed by atoms with Crippen LogP contribution in [0.2, 0.25) is 0 Å². The van der Waals surface area contributed by atoms with E-state index in [-0.39, 0.29) is 38.0 Å². The van der Waals surface area contributed by atoms with Gasteiger partial charge in [0.2, 0.25) is 11.8 Å². The molecule has 0 aromatic heterocycles. The van der Waals surface area contributed by atoms with E-state index >= 15 is 4.79 Å². The summed E-state index contributed by atoms with van der Waals surface area (Å²) in [4.78, 5) is 66.0. The summed E-state index contributed by atoms with van der Waals surface area (Å²) in [5, 5.41) is 25.1. The van der Waals surface area contributed by atoms with Gasteiger partial charge in [-0.3, -0.25) is 24.0 Å². The molecule has 8 unspecified atom stereocenters. The predicted octanol–water partition coefficient (Wildman–Crippen LogP) is 5.40. The third-order valence-electron chi connectivity index (χ3n) is 13.7. The maximum atomic E-state index is 15.9. The van der Waals surface area contributed by atoms with Crippen molar-refractivity contribution in [2.75, 3.05) is 13.7 Å². The number of aliphatic hydroxyl groups excluding tert-OH is 1. The monoisotopic (exact) mass is 913 g/mol. The molecular formula is C53H59N3O11. The molecule has 4 fully saturated rings. The van der Waals surface area contributed by atoms with Crippen molar-refractivity contribution in [3.05, 3.63) is 143 Å². The number of nitrogens with zero attached hydrogens (tertiary/aromatic N) is 2. The van der Waals surface area contributed by atoms with E-state index in [0.29, 0.717) is 19.3 Å². The first kappa shape index (κ1) is 46.2. The molecule has 9 rings (SSSR count). The number of amides is 2. The number of aromatic hydroxyl groups is 1. The van der Waals surface area contributed by atoms with Gasteiger partial charge in [0.25, 0.3) is 0 Å². The standard InChI is InChI=1S/C53H59N3O11/c1-51(2,3)64-43(59)25-24-39(32-57)54-48(60)40(27-34-14-6-5-7-15-34)55(4)50(62)53-30-42-44-45(66-52(65-44)28-37-20-8-9-21-38(37)29-52)47(53)67-56(46(53)49(61)63-42)31-35-18-12-16-33(26-35)17-13-22-36-19-10-11-23-41(36)58/h5-21,23,26,39-40,42,44-47,57-58H,22,24-25,27-32H2,1-4H3,(H,54,60). The van der Waals surface area contributed by atoms with Crippen LogP contribution in [-0.4, -0.2) is 112 Å². The lowest BCUT2D eigenvalue weighted by atomic mass is 9.62. The van der Waals surface area contributed by atoms with Crippen molar-refractivity contribution in [3.8, 4) is 5.75 Å². The summed E-state index contributed by atoms with van der Waals surface area (Å²) < 4.78 is 25.6. The number of carbonyl (C=O) groups is 4. The molecule has 3 saturated heterocycles. The van der Waals surface area contributed by atoms with Crippen molar-refractivity contribution in [1.29, 1.82) is 0 Å². The number of para-hydroxylation sites is 1. The zero-order valence-corrected chi connectivity index (χ0v) is 38.3. The van der Waals surface area contributed by atoms with Crippen molar-refractivity contribution in [2.24, 2.45) is 5.41 Å². The summed E-state index contributed by atoms with van der Waals surface area (Å²) in [5.74, 6) is -2.96. The number of ether oxygens (including phenoxy) is 4. The fraction of sp³-hybridized carbons (Fsp3) is 0.434. The first-order valence-electron chi connectivity index (χ1n) is 23.2. The molecule has 2 aliphatic carbocycles. The van der Waals surface area contributed by atoms with Crippen LogP contribution in [0.25, 0.3) is 6.08 Å². The fourth-order valence-corrected chi connectivity index (χ4v) is 10.6. The molecule has 3 heterocycles. The highest BCUT2D eigenvalue weighted by molar-refractivity contribution is 5.96. The van der Waals surface area contributed by atoms with Crippen LogP contribution in [0.5, 0.6) is 5.75 Å². The maximum Gasteiger partial charge on any atom is 0.327 e. The Kier molecular flexibility index (Phi) is 12.9. The summed E-state index contributed by atoms with van der Waals surface area (Å²) in [7, 11) is 1.57. The number of hydrogen-bond donors (Lipinski definition) is 3. The highest BCUT2D eigenvalue weighted by Gasteiger charge is 2.77. The number of aliphatic hydroxyl groups is 1. The number of fused-ring (bicyclic) bond motifs is 5. The molecule has 3 N–H and O–H groups in total.